The zero-order valence-corrected chi connectivity index (χ0v) is 8.88. The van der Waals surface area contributed by atoms with Crippen LogP contribution in [0.4, 0.5) is 5.69 Å². The molecule has 0 atom stereocenters. The minimum atomic E-state index is 0.807. The van der Waals surface area contributed by atoms with E-state index in [4.69, 9.17) is 17.3 Å². The van der Waals surface area contributed by atoms with Crippen LogP contribution < -0.4 is 5.73 Å². The summed E-state index contributed by atoms with van der Waals surface area (Å²) in [6.45, 7) is 2.11. The zero-order chi connectivity index (χ0) is 9.42. The number of hydrogen-bond acceptors (Lipinski definition) is 2. The van der Waals surface area contributed by atoms with Crippen LogP contribution >= 0.6 is 22.9 Å². The zero-order valence-electron chi connectivity index (χ0n) is 7.30. The Morgan fingerprint density at radius 3 is 2.92 bits per heavy atom. The molecule has 1 aromatic carbocycles. The summed E-state index contributed by atoms with van der Waals surface area (Å²) in [5.74, 6) is 0. The number of benzene rings is 1. The Labute approximate surface area is 86.1 Å². The SMILES string of the molecule is CCc1cc(N)c2scc(Cl)c2c1. The Kier molecular flexibility index (Phi) is 2.18. The number of rotatable bonds is 1. The topological polar surface area (TPSA) is 26.0 Å². The second-order valence-corrected chi connectivity index (χ2v) is 4.29. The van der Waals surface area contributed by atoms with E-state index in [2.05, 4.69) is 13.0 Å². The van der Waals surface area contributed by atoms with Crippen molar-refractivity contribution in [3.8, 4) is 0 Å². The maximum absolute atomic E-state index is 6.03. The number of nitrogens with two attached hydrogens (primary N) is 1. The van der Waals surface area contributed by atoms with Gasteiger partial charge in [-0.05, 0) is 24.1 Å². The van der Waals surface area contributed by atoms with Crippen molar-refractivity contribution in [1.82, 2.24) is 0 Å². The van der Waals surface area contributed by atoms with Gasteiger partial charge in [-0.15, -0.1) is 11.3 Å². The number of nitrogen functional groups attached to an aromatic ring is 1. The molecule has 68 valence electrons. The summed E-state index contributed by atoms with van der Waals surface area (Å²) < 4.78 is 1.10. The standard InChI is InChI=1S/C10H10ClNS/c1-2-6-3-7-8(11)5-13-10(7)9(12)4-6/h3-5H,2,12H2,1H3. The molecule has 1 aromatic heterocycles. The highest BCUT2D eigenvalue weighted by atomic mass is 35.5. The van der Waals surface area contributed by atoms with Gasteiger partial charge in [-0.1, -0.05) is 18.5 Å². The molecule has 0 unspecified atom stereocenters. The molecular formula is C10H10ClNS. The molecule has 0 aliphatic heterocycles. The fourth-order valence-corrected chi connectivity index (χ4v) is 2.58. The number of anilines is 1. The van der Waals surface area contributed by atoms with Crippen molar-refractivity contribution in [2.24, 2.45) is 0 Å². The fourth-order valence-electron chi connectivity index (χ4n) is 1.40. The van der Waals surface area contributed by atoms with Crippen LogP contribution in [-0.2, 0) is 6.42 Å². The molecule has 0 aliphatic carbocycles. The number of thiophene rings is 1. The summed E-state index contributed by atoms with van der Waals surface area (Å²) in [5, 5.41) is 3.83. The monoisotopic (exact) mass is 211 g/mol. The first kappa shape index (κ1) is 8.85. The smallest absolute Gasteiger partial charge is 0.0592 e. The first-order valence-corrected chi connectivity index (χ1v) is 5.43. The molecule has 3 heteroatoms. The third-order valence-electron chi connectivity index (χ3n) is 2.12. The number of fused-ring (bicyclic) bond motifs is 1. The first-order chi connectivity index (χ1) is 6.22. The van der Waals surface area contributed by atoms with Gasteiger partial charge in [0.2, 0.25) is 0 Å². The van der Waals surface area contributed by atoms with Crippen molar-refractivity contribution in [3.63, 3.8) is 0 Å². The van der Waals surface area contributed by atoms with Crippen LogP contribution in [-0.4, -0.2) is 0 Å². The molecular weight excluding hydrogens is 202 g/mol. The van der Waals surface area contributed by atoms with Gasteiger partial charge in [-0.2, -0.15) is 0 Å². The molecule has 2 N–H and O–H groups in total. The predicted molar refractivity (Wildman–Crippen MR) is 60.6 cm³/mol. The van der Waals surface area contributed by atoms with Crippen molar-refractivity contribution in [1.29, 1.82) is 0 Å². The van der Waals surface area contributed by atoms with Gasteiger partial charge >= 0.3 is 0 Å². The summed E-state index contributed by atoms with van der Waals surface area (Å²) >= 11 is 7.63. The molecule has 0 radical (unpaired) electrons. The predicted octanol–water partition coefficient (Wildman–Crippen LogP) is 3.70. The third kappa shape index (κ3) is 1.40. The van der Waals surface area contributed by atoms with E-state index < -0.39 is 0 Å². The Morgan fingerprint density at radius 1 is 1.46 bits per heavy atom. The minimum Gasteiger partial charge on any atom is -0.398 e. The van der Waals surface area contributed by atoms with Crippen LogP contribution in [0.5, 0.6) is 0 Å². The van der Waals surface area contributed by atoms with E-state index >= 15 is 0 Å². The number of hydrogen-bond donors (Lipinski definition) is 1. The van der Waals surface area contributed by atoms with Crippen molar-refractivity contribution in [2.75, 3.05) is 5.73 Å². The molecule has 13 heavy (non-hydrogen) atoms. The van der Waals surface area contributed by atoms with Gasteiger partial charge in [-0.25, -0.2) is 0 Å². The van der Waals surface area contributed by atoms with Crippen molar-refractivity contribution in [2.45, 2.75) is 13.3 Å². The van der Waals surface area contributed by atoms with E-state index in [1.807, 2.05) is 11.4 Å². The van der Waals surface area contributed by atoms with Crippen molar-refractivity contribution >= 4 is 38.7 Å². The Balaban J connectivity index is 2.80. The average Bonchev–Trinajstić information content (AvgIpc) is 2.48. The molecule has 0 amide bonds. The summed E-state index contributed by atoms with van der Waals surface area (Å²) in [5.41, 5.74) is 7.98. The average molecular weight is 212 g/mol. The van der Waals surface area contributed by atoms with Gasteiger partial charge < -0.3 is 5.73 Å². The molecule has 0 bridgehead atoms. The van der Waals surface area contributed by atoms with Crippen LogP contribution in [0.25, 0.3) is 10.1 Å². The van der Waals surface area contributed by atoms with E-state index in [9.17, 15) is 0 Å². The van der Waals surface area contributed by atoms with E-state index in [0.717, 1.165) is 27.2 Å². The highest BCUT2D eigenvalue weighted by Crippen LogP contribution is 2.34. The van der Waals surface area contributed by atoms with Crippen LogP contribution in [0.3, 0.4) is 0 Å². The van der Waals surface area contributed by atoms with Crippen LogP contribution in [0.15, 0.2) is 17.5 Å². The van der Waals surface area contributed by atoms with E-state index in [1.165, 1.54) is 5.56 Å². The normalized spacial score (nSPS) is 10.9. The fraction of sp³-hybridized carbons (Fsp3) is 0.200. The van der Waals surface area contributed by atoms with Gasteiger partial charge in [-0.3, -0.25) is 0 Å². The lowest BCUT2D eigenvalue weighted by molar-refractivity contribution is 1.15. The molecule has 0 spiro atoms. The van der Waals surface area contributed by atoms with Crippen molar-refractivity contribution in [3.05, 3.63) is 28.1 Å². The summed E-state index contributed by atoms with van der Waals surface area (Å²) in [6, 6.07) is 4.14. The minimum absolute atomic E-state index is 0.807. The molecule has 1 nitrogen and oxygen atoms in total. The van der Waals surface area contributed by atoms with Crippen LogP contribution in [0.1, 0.15) is 12.5 Å². The van der Waals surface area contributed by atoms with Gasteiger partial charge in [0.05, 0.1) is 9.72 Å². The van der Waals surface area contributed by atoms with Gasteiger partial charge in [0.1, 0.15) is 0 Å². The number of halogens is 1. The first-order valence-electron chi connectivity index (χ1n) is 4.17. The van der Waals surface area contributed by atoms with Gasteiger partial charge in [0.25, 0.3) is 0 Å². The highest BCUT2D eigenvalue weighted by Gasteiger charge is 2.05. The third-order valence-corrected chi connectivity index (χ3v) is 3.61. The van der Waals surface area contributed by atoms with Crippen LogP contribution in [0.2, 0.25) is 5.02 Å². The molecule has 0 saturated carbocycles. The lowest BCUT2D eigenvalue weighted by atomic mass is 10.1. The van der Waals surface area contributed by atoms with Gasteiger partial charge in [0, 0.05) is 16.5 Å². The Hall–Kier alpha value is -0.730. The molecule has 0 saturated heterocycles. The van der Waals surface area contributed by atoms with E-state index in [-0.39, 0.29) is 0 Å². The maximum atomic E-state index is 6.03. The quantitative estimate of drug-likeness (QED) is 0.716. The van der Waals surface area contributed by atoms with E-state index in [1.54, 1.807) is 11.3 Å². The summed E-state index contributed by atoms with van der Waals surface area (Å²) in [7, 11) is 0. The van der Waals surface area contributed by atoms with Crippen LogP contribution in [0, 0.1) is 0 Å². The number of aryl methyl sites for hydroxylation is 1. The second kappa shape index (κ2) is 3.20. The molecule has 0 fully saturated rings. The Bertz CT molecular complexity index is 447. The lowest BCUT2D eigenvalue weighted by Gasteiger charge is -2.01. The maximum Gasteiger partial charge on any atom is 0.0592 e. The summed E-state index contributed by atoms with van der Waals surface area (Å²) in [6.07, 6.45) is 0.992. The molecule has 2 rings (SSSR count). The molecule has 2 aromatic rings. The van der Waals surface area contributed by atoms with E-state index in [0.29, 0.717) is 0 Å². The Morgan fingerprint density at radius 2 is 2.23 bits per heavy atom. The second-order valence-electron chi connectivity index (χ2n) is 3.00. The van der Waals surface area contributed by atoms with Crippen molar-refractivity contribution < 1.29 is 0 Å². The van der Waals surface area contributed by atoms with Gasteiger partial charge in [0.15, 0.2) is 0 Å². The lowest BCUT2D eigenvalue weighted by Crippen LogP contribution is -1.87. The molecule has 0 aliphatic rings. The summed E-state index contributed by atoms with van der Waals surface area (Å²) in [4.78, 5) is 0. The highest BCUT2D eigenvalue weighted by molar-refractivity contribution is 7.18. The largest absolute Gasteiger partial charge is 0.398 e. The molecule has 1 heterocycles.